The number of hydrogen-bond acceptors (Lipinski definition) is 4. The van der Waals surface area contributed by atoms with Crippen molar-refractivity contribution in [3.63, 3.8) is 0 Å². The van der Waals surface area contributed by atoms with Gasteiger partial charge in [0.1, 0.15) is 4.32 Å². The Morgan fingerprint density at radius 1 is 1.15 bits per heavy atom. The summed E-state index contributed by atoms with van der Waals surface area (Å²) in [5.74, 6) is -0.262. The summed E-state index contributed by atoms with van der Waals surface area (Å²) in [7, 11) is 1.67. The minimum Gasteiger partial charge on any atom is -0.322 e. The van der Waals surface area contributed by atoms with E-state index in [0.717, 1.165) is 22.4 Å². The fourth-order valence-corrected chi connectivity index (χ4v) is 3.69. The van der Waals surface area contributed by atoms with E-state index >= 15 is 0 Å². The second-order valence-corrected chi connectivity index (χ2v) is 7.74. The molecule has 4 nitrogen and oxygen atoms in total. The lowest BCUT2D eigenvalue weighted by Crippen LogP contribution is -2.22. The van der Waals surface area contributed by atoms with Crippen LogP contribution >= 0.6 is 24.0 Å². The first-order chi connectivity index (χ1) is 12.4. The lowest BCUT2D eigenvalue weighted by atomic mass is 10.1. The van der Waals surface area contributed by atoms with Crippen molar-refractivity contribution in [3.8, 4) is 0 Å². The molecule has 26 heavy (non-hydrogen) atoms. The van der Waals surface area contributed by atoms with Crippen LogP contribution in [0.25, 0.3) is 6.08 Å². The predicted molar refractivity (Wildman–Crippen MR) is 111 cm³/mol. The minimum atomic E-state index is -0.162. The number of hydrogen-bond donors (Lipinski definition) is 1. The normalized spacial score (nSPS) is 15.7. The third-order valence-corrected chi connectivity index (χ3v) is 5.79. The zero-order chi connectivity index (χ0) is 18.8. The van der Waals surface area contributed by atoms with E-state index in [1.807, 2.05) is 44.2 Å². The van der Waals surface area contributed by atoms with Crippen LogP contribution in [0.4, 0.5) is 5.69 Å². The van der Waals surface area contributed by atoms with Gasteiger partial charge in [0.05, 0.1) is 4.91 Å². The van der Waals surface area contributed by atoms with Crippen molar-refractivity contribution in [3.05, 3.63) is 69.6 Å². The van der Waals surface area contributed by atoms with Crippen LogP contribution in [0.3, 0.4) is 0 Å². The number of likely N-dealkylation sites (N-methyl/N-ethyl adjacent to an activating group) is 1. The topological polar surface area (TPSA) is 49.4 Å². The molecule has 0 atom stereocenters. The molecular weight excluding hydrogens is 364 g/mol. The Hall–Kier alpha value is -2.44. The zero-order valence-electron chi connectivity index (χ0n) is 14.7. The number of nitrogens with one attached hydrogen (secondary N) is 1. The summed E-state index contributed by atoms with van der Waals surface area (Å²) in [5.41, 5.74) is 4.41. The van der Waals surface area contributed by atoms with Crippen LogP contribution in [0.2, 0.25) is 0 Å². The molecule has 0 radical (unpaired) electrons. The van der Waals surface area contributed by atoms with Crippen molar-refractivity contribution in [2.24, 2.45) is 0 Å². The number of nitrogens with zero attached hydrogens (tertiary/aromatic N) is 1. The molecule has 3 rings (SSSR count). The van der Waals surface area contributed by atoms with Crippen LogP contribution in [0.5, 0.6) is 0 Å². The molecule has 1 heterocycles. The molecule has 0 aromatic heterocycles. The largest absolute Gasteiger partial charge is 0.322 e. The van der Waals surface area contributed by atoms with Gasteiger partial charge in [-0.2, -0.15) is 0 Å². The van der Waals surface area contributed by atoms with Gasteiger partial charge in [-0.15, -0.1) is 0 Å². The molecule has 0 bridgehead atoms. The Bertz CT molecular complexity index is 933. The van der Waals surface area contributed by atoms with Gasteiger partial charge in [0, 0.05) is 18.3 Å². The molecule has 1 fully saturated rings. The van der Waals surface area contributed by atoms with Gasteiger partial charge in [-0.25, -0.2) is 0 Å². The second-order valence-electron chi connectivity index (χ2n) is 6.06. The molecular formula is C20H18N2O2S2. The van der Waals surface area contributed by atoms with Gasteiger partial charge in [-0.3, -0.25) is 14.5 Å². The van der Waals surface area contributed by atoms with E-state index in [1.54, 1.807) is 25.3 Å². The Labute approximate surface area is 162 Å². The third kappa shape index (κ3) is 3.71. The van der Waals surface area contributed by atoms with E-state index in [0.29, 0.717) is 14.8 Å². The monoisotopic (exact) mass is 382 g/mol. The smallest absolute Gasteiger partial charge is 0.265 e. The van der Waals surface area contributed by atoms with Gasteiger partial charge in [-0.1, -0.05) is 48.2 Å². The molecule has 6 heteroatoms. The molecule has 2 aromatic rings. The summed E-state index contributed by atoms with van der Waals surface area (Å²) in [4.78, 5) is 26.6. The summed E-state index contributed by atoms with van der Waals surface area (Å²) in [6, 6.07) is 13.0. The molecule has 1 aliphatic rings. The Morgan fingerprint density at radius 3 is 2.46 bits per heavy atom. The third-order valence-electron chi connectivity index (χ3n) is 4.31. The number of rotatable bonds is 3. The zero-order valence-corrected chi connectivity index (χ0v) is 16.3. The van der Waals surface area contributed by atoms with E-state index in [9.17, 15) is 9.59 Å². The summed E-state index contributed by atoms with van der Waals surface area (Å²) < 4.78 is 0.547. The standard InChI is InChI=1S/C20H18N2O2S2/c1-12-5-4-6-16(13(12)2)21-18(23)15-9-7-14(8-10-15)11-17-19(24)22(3)20(25)26-17/h4-11H,1-3H3,(H,21,23)/b17-11+. The number of carbonyl (C=O) groups excluding carboxylic acids is 2. The molecule has 0 spiro atoms. The number of thiocarbonyl (C=S) groups is 1. The van der Waals surface area contributed by atoms with Crippen molar-refractivity contribution in [2.45, 2.75) is 13.8 Å². The van der Waals surface area contributed by atoms with Crippen molar-refractivity contribution in [1.82, 2.24) is 4.90 Å². The average molecular weight is 383 g/mol. The van der Waals surface area contributed by atoms with Gasteiger partial charge in [0.25, 0.3) is 11.8 Å². The number of anilines is 1. The molecule has 1 N–H and O–H groups in total. The molecule has 2 aromatic carbocycles. The molecule has 132 valence electrons. The second kappa shape index (κ2) is 7.43. The Kier molecular flexibility index (Phi) is 5.25. The fourth-order valence-electron chi connectivity index (χ4n) is 2.51. The number of amides is 2. The van der Waals surface area contributed by atoms with Crippen molar-refractivity contribution in [1.29, 1.82) is 0 Å². The minimum absolute atomic E-state index is 0.100. The maximum Gasteiger partial charge on any atom is 0.265 e. The first kappa shape index (κ1) is 18.4. The Morgan fingerprint density at radius 2 is 1.85 bits per heavy atom. The number of carbonyl (C=O) groups is 2. The molecule has 0 aliphatic carbocycles. The van der Waals surface area contributed by atoms with E-state index in [-0.39, 0.29) is 11.8 Å². The quantitative estimate of drug-likeness (QED) is 0.632. The van der Waals surface area contributed by atoms with Crippen LogP contribution in [0.15, 0.2) is 47.4 Å². The first-order valence-corrected chi connectivity index (χ1v) is 9.28. The highest BCUT2D eigenvalue weighted by atomic mass is 32.2. The van der Waals surface area contributed by atoms with Crippen LogP contribution in [0, 0.1) is 13.8 Å². The van der Waals surface area contributed by atoms with Crippen molar-refractivity contribution < 1.29 is 9.59 Å². The molecule has 0 saturated carbocycles. The van der Waals surface area contributed by atoms with Crippen LogP contribution in [-0.2, 0) is 4.79 Å². The van der Waals surface area contributed by atoms with Gasteiger partial charge >= 0.3 is 0 Å². The number of benzene rings is 2. The maximum absolute atomic E-state index is 12.5. The van der Waals surface area contributed by atoms with Gasteiger partial charge in [0.2, 0.25) is 0 Å². The van der Waals surface area contributed by atoms with Gasteiger partial charge < -0.3 is 5.32 Å². The summed E-state index contributed by atoms with van der Waals surface area (Å²) >= 11 is 6.40. The van der Waals surface area contributed by atoms with Crippen LogP contribution in [-0.4, -0.2) is 28.1 Å². The lowest BCUT2D eigenvalue weighted by Gasteiger charge is -2.10. The predicted octanol–water partition coefficient (Wildman–Crippen LogP) is 4.39. The molecule has 1 saturated heterocycles. The van der Waals surface area contributed by atoms with E-state index in [1.165, 1.54) is 16.7 Å². The van der Waals surface area contributed by atoms with Crippen LogP contribution in [0.1, 0.15) is 27.0 Å². The van der Waals surface area contributed by atoms with E-state index < -0.39 is 0 Å². The van der Waals surface area contributed by atoms with E-state index in [2.05, 4.69) is 5.32 Å². The van der Waals surface area contributed by atoms with E-state index in [4.69, 9.17) is 12.2 Å². The SMILES string of the molecule is Cc1cccc(NC(=O)c2ccc(/C=C3/SC(=S)N(C)C3=O)cc2)c1C. The summed E-state index contributed by atoms with van der Waals surface area (Å²) in [5, 5.41) is 2.94. The summed E-state index contributed by atoms with van der Waals surface area (Å²) in [6.45, 7) is 4.00. The maximum atomic E-state index is 12.5. The molecule has 0 unspecified atom stereocenters. The average Bonchev–Trinajstić information content (AvgIpc) is 2.86. The highest BCUT2D eigenvalue weighted by molar-refractivity contribution is 8.26. The van der Waals surface area contributed by atoms with Gasteiger partial charge in [-0.05, 0) is 54.8 Å². The van der Waals surface area contributed by atoms with Crippen molar-refractivity contribution >= 4 is 51.9 Å². The highest BCUT2D eigenvalue weighted by Crippen LogP contribution is 2.31. The highest BCUT2D eigenvalue weighted by Gasteiger charge is 2.28. The van der Waals surface area contributed by atoms with Crippen LogP contribution < -0.4 is 5.32 Å². The molecule has 1 aliphatic heterocycles. The fraction of sp³-hybridized carbons (Fsp3) is 0.150. The number of thioether (sulfide) groups is 1. The summed E-state index contributed by atoms with van der Waals surface area (Å²) in [6.07, 6.45) is 1.79. The lowest BCUT2D eigenvalue weighted by molar-refractivity contribution is -0.121. The van der Waals surface area contributed by atoms with Gasteiger partial charge in [0.15, 0.2) is 0 Å². The number of aryl methyl sites for hydroxylation is 1. The molecule has 2 amide bonds. The van der Waals surface area contributed by atoms with Crippen molar-refractivity contribution in [2.75, 3.05) is 12.4 Å². The Balaban J connectivity index is 1.75. The first-order valence-electron chi connectivity index (χ1n) is 8.06.